The maximum atomic E-state index is 5.90. The molecule has 0 bridgehead atoms. The van der Waals surface area contributed by atoms with E-state index in [1.54, 1.807) is 0 Å². The van der Waals surface area contributed by atoms with Gasteiger partial charge in [0.15, 0.2) is 5.96 Å². The third-order valence-electron chi connectivity index (χ3n) is 2.77. The minimum Gasteiger partial charge on any atom is -0.370 e. The van der Waals surface area contributed by atoms with Crippen LogP contribution in [-0.2, 0) is 6.54 Å². The highest BCUT2D eigenvalue weighted by Gasteiger charge is 2.06. The Morgan fingerprint density at radius 2 is 1.94 bits per heavy atom. The lowest BCUT2D eigenvalue weighted by Gasteiger charge is -2.19. The average molecular weight is 351 g/mol. The van der Waals surface area contributed by atoms with E-state index in [1.165, 1.54) is 0 Å². The van der Waals surface area contributed by atoms with Gasteiger partial charge in [0.1, 0.15) is 0 Å². The summed E-state index contributed by atoms with van der Waals surface area (Å²) in [4.78, 5) is 6.42. The Morgan fingerprint density at radius 1 is 1.35 bits per heavy atom. The zero-order valence-corrected chi connectivity index (χ0v) is 13.3. The van der Waals surface area contributed by atoms with E-state index in [0.29, 0.717) is 12.5 Å². The number of aromatic amines is 1. The van der Waals surface area contributed by atoms with E-state index in [-0.39, 0.29) is 24.0 Å². The Hall–Kier alpha value is -0.790. The third kappa shape index (κ3) is 4.18. The van der Waals surface area contributed by atoms with Crippen LogP contribution in [0.4, 0.5) is 0 Å². The van der Waals surface area contributed by atoms with Crippen LogP contribution in [0.1, 0.15) is 30.8 Å². The van der Waals surface area contributed by atoms with E-state index in [9.17, 15) is 0 Å². The van der Waals surface area contributed by atoms with Crippen molar-refractivity contribution >= 4 is 29.9 Å². The Labute approximate surface area is 120 Å². The number of guanidine groups is 1. The quantitative estimate of drug-likeness (QED) is 0.494. The minimum atomic E-state index is 0. The second kappa shape index (κ2) is 7.52. The number of nitrogens with two attached hydrogens (primary N) is 1. The summed E-state index contributed by atoms with van der Waals surface area (Å²) < 4.78 is 0. The summed E-state index contributed by atoms with van der Waals surface area (Å²) in [6, 6.07) is 0. The molecule has 5 nitrogen and oxygen atoms in total. The molecule has 6 heteroatoms. The molecule has 1 aromatic heterocycles. The first-order chi connectivity index (χ1) is 7.60. The molecule has 0 radical (unpaired) electrons. The Kier molecular flexibility index (Phi) is 7.17. The van der Waals surface area contributed by atoms with Crippen molar-refractivity contribution in [3.63, 3.8) is 0 Å². The zero-order chi connectivity index (χ0) is 12.1. The molecular weight excluding hydrogens is 329 g/mol. The van der Waals surface area contributed by atoms with Gasteiger partial charge < -0.3 is 10.6 Å². The monoisotopic (exact) mass is 351 g/mol. The molecule has 17 heavy (non-hydrogen) atoms. The number of nitrogens with zero attached hydrogens (tertiary/aromatic N) is 3. The van der Waals surface area contributed by atoms with E-state index in [0.717, 1.165) is 30.0 Å². The fourth-order valence-corrected chi connectivity index (χ4v) is 1.61. The number of hydrogen-bond donors (Lipinski definition) is 2. The lowest BCUT2D eigenvalue weighted by atomic mass is 10.2. The van der Waals surface area contributed by atoms with Crippen molar-refractivity contribution in [3.8, 4) is 0 Å². The summed E-state index contributed by atoms with van der Waals surface area (Å²) in [5, 5.41) is 7.07. The molecule has 0 spiro atoms. The Bertz CT molecular complexity index is 348. The number of aryl methyl sites for hydroxylation is 2. The normalized spacial score (nSPS) is 11.2. The molecule has 1 rings (SSSR count). The number of aliphatic imine (C=N–C) groups is 1. The molecule has 0 fully saturated rings. The van der Waals surface area contributed by atoms with E-state index in [4.69, 9.17) is 5.73 Å². The summed E-state index contributed by atoms with van der Waals surface area (Å²) in [5.74, 6) is 0.602. The van der Waals surface area contributed by atoms with Gasteiger partial charge in [-0.05, 0) is 27.7 Å². The van der Waals surface area contributed by atoms with Crippen molar-refractivity contribution in [2.45, 2.75) is 34.2 Å². The van der Waals surface area contributed by atoms with E-state index >= 15 is 0 Å². The van der Waals surface area contributed by atoms with E-state index in [1.807, 2.05) is 18.7 Å². The highest BCUT2D eigenvalue weighted by atomic mass is 127. The molecule has 98 valence electrons. The van der Waals surface area contributed by atoms with Crippen LogP contribution in [0.15, 0.2) is 4.99 Å². The SMILES string of the molecule is CCN(CC)C(N)=NCc1c(C)n[nH]c1C.I. The lowest BCUT2D eigenvalue weighted by molar-refractivity contribution is 0.458. The summed E-state index contributed by atoms with van der Waals surface area (Å²) >= 11 is 0. The minimum absolute atomic E-state index is 0. The van der Waals surface area contributed by atoms with Crippen molar-refractivity contribution in [1.29, 1.82) is 0 Å². The van der Waals surface area contributed by atoms with Crippen molar-refractivity contribution in [2.24, 2.45) is 10.7 Å². The smallest absolute Gasteiger partial charge is 0.191 e. The first-order valence-electron chi connectivity index (χ1n) is 5.65. The number of hydrogen-bond acceptors (Lipinski definition) is 2. The molecule has 0 atom stereocenters. The van der Waals surface area contributed by atoms with Gasteiger partial charge >= 0.3 is 0 Å². The topological polar surface area (TPSA) is 70.3 Å². The van der Waals surface area contributed by atoms with Gasteiger partial charge in [-0.15, -0.1) is 24.0 Å². The number of halogens is 1. The van der Waals surface area contributed by atoms with E-state index < -0.39 is 0 Å². The molecule has 1 aromatic rings. The summed E-state index contributed by atoms with van der Waals surface area (Å²) in [6.07, 6.45) is 0. The molecular formula is C11H22IN5. The molecule has 0 aliphatic heterocycles. The molecule has 1 heterocycles. The Morgan fingerprint density at radius 3 is 2.35 bits per heavy atom. The number of nitrogens with one attached hydrogen (secondary N) is 1. The van der Waals surface area contributed by atoms with Gasteiger partial charge in [-0.25, -0.2) is 4.99 Å². The van der Waals surface area contributed by atoms with Gasteiger partial charge in [0.2, 0.25) is 0 Å². The summed E-state index contributed by atoms with van der Waals surface area (Å²) in [7, 11) is 0. The zero-order valence-electron chi connectivity index (χ0n) is 10.9. The van der Waals surface area contributed by atoms with Crippen LogP contribution in [0.25, 0.3) is 0 Å². The lowest BCUT2D eigenvalue weighted by Crippen LogP contribution is -2.37. The van der Waals surface area contributed by atoms with Crippen molar-refractivity contribution in [1.82, 2.24) is 15.1 Å². The molecule has 0 aliphatic rings. The molecule has 0 aliphatic carbocycles. The average Bonchev–Trinajstić information content (AvgIpc) is 2.58. The Balaban J connectivity index is 0.00000256. The van der Waals surface area contributed by atoms with Crippen LogP contribution in [0.5, 0.6) is 0 Å². The second-order valence-corrected chi connectivity index (χ2v) is 3.76. The molecule has 0 saturated carbocycles. The van der Waals surface area contributed by atoms with Gasteiger partial charge in [0.25, 0.3) is 0 Å². The van der Waals surface area contributed by atoms with Crippen molar-refractivity contribution in [2.75, 3.05) is 13.1 Å². The molecule has 0 amide bonds. The third-order valence-corrected chi connectivity index (χ3v) is 2.77. The van der Waals surface area contributed by atoms with Crippen LogP contribution >= 0.6 is 24.0 Å². The molecule has 0 unspecified atom stereocenters. The number of rotatable bonds is 4. The van der Waals surface area contributed by atoms with Crippen molar-refractivity contribution in [3.05, 3.63) is 17.0 Å². The fraction of sp³-hybridized carbons (Fsp3) is 0.636. The maximum absolute atomic E-state index is 5.90. The molecule has 3 N–H and O–H groups in total. The predicted octanol–water partition coefficient (Wildman–Crippen LogP) is 1.80. The van der Waals surface area contributed by atoms with Crippen LogP contribution < -0.4 is 5.73 Å². The van der Waals surface area contributed by atoms with Gasteiger partial charge in [-0.2, -0.15) is 5.10 Å². The first-order valence-corrected chi connectivity index (χ1v) is 5.65. The van der Waals surface area contributed by atoms with Crippen LogP contribution in [0.3, 0.4) is 0 Å². The number of aromatic nitrogens is 2. The van der Waals surface area contributed by atoms with Crippen LogP contribution in [0, 0.1) is 13.8 Å². The second-order valence-electron chi connectivity index (χ2n) is 3.76. The largest absolute Gasteiger partial charge is 0.370 e. The molecule has 0 saturated heterocycles. The summed E-state index contributed by atoms with van der Waals surface area (Å²) in [5.41, 5.74) is 9.09. The van der Waals surface area contributed by atoms with Crippen LogP contribution in [0.2, 0.25) is 0 Å². The van der Waals surface area contributed by atoms with Gasteiger partial charge in [-0.3, -0.25) is 5.10 Å². The maximum Gasteiger partial charge on any atom is 0.191 e. The van der Waals surface area contributed by atoms with Gasteiger partial charge in [0.05, 0.1) is 12.2 Å². The fourth-order valence-electron chi connectivity index (χ4n) is 1.61. The first kappa shape index (κ1) is 16.2. The highest BCUT2D eigenvalue weighted by molar-refractivity contribution is 14.0. The van der Waals surface area contributed by atoms with Crippen molar-refractivity contribution < 1.29 is 0 Å². The summed E-state index contributed by atoms with van der Waals surface area (Å²) in [6.45, 7) is 10.5. The molecule has 0 aromatic carbocycles. The van der Waals surface area contributed by atoms with Gasteiger partial charge in [-0.1, -0.05) is 0 Å². The standard InChI is InChI=1S/C11H21N5.HI/c1-5-16(6-2)11(12)13-7-10-8(3)14-15-9(10)4;/h5-7H2,1-4H3,(H2,12,13)(H,14,15);1H. The van der Waals surface area contributed by atoms with Crippen LogP contribution in [-0.4, -0.2) is 34.1 Å². The highest BCUT2D eigenvalue weighted by Crippen LogP contribution is 2.10. The number of H-pyrrole nitrogens is 1. The van der Waals surface area contributed by atoms with Gasteiger partial charge in [0, 0.05) is 24.3 Å². The van der Waals surface area contributed by atoms with E-state index in [2.05, 4.69) is 29.0 Å². The predicted molar refractivity (Wildman–Crippen MR) is 81.7 cm³/mol.